The lowest BCUT2D eigenvalue weighted by Crippen LogP contribution is -2.31. The second-order valence-electron chi connectivity index (χ2n) is 4.46. The van der Waals surface area contributed by atoms with Crippen LogP contribution in [-0.2, 0) is 0 Å². The Bertz CT molecular complexity index is 427. The molecule has 0 spiro atoms. The van der Waals surface area contributed by atoms with E-state index in [0.29, 0.717) is 0 Å². The first kappa shape index (κ1) is 11.1. The van der Waals surface area contributed by atoms with Crippen molar-refractivity contribution in [2.75, 3.05) is 19.0 Å². The molecule has 1 heterocycles. The van der Waals surface area contributed by atoms with Crippen LogP contribution in [0.15, 0.2) is 17.1 Å². The molecule has 0 aromatic carbocycles. The minimum atomic E-state index is -0.435. The molecule has 16 heavy (non-hydrogen) atoms. The van der Waals surface area contributed by atoms with Gasteiger partial charge in [-0.25, -0.2) is 4.68 Å². The zero-order valence-electron chi connectivity index (χ0n) is 9.63. The normalized spacial score (nSPS) is 24.7. The maximum atomic E-state index is 11.8. The average Bonchev–Trinajstić information content (AvgIpc) is 2.64. The Hall–Kier alpha value is -1.36. The maximum absolute atomic E-state index is 11.8. The Labute approximate surface area is 94.3 Å². The van der Waals surface area contributed by atoms with Gasteiger partial charge in [-0.1, -0.05) is 0 Å². The van der Waals surface area contributed by atoms with E-state index in [0.717, 1.165) is 24.9 Å². The number of aliphatic hydroxyl groups excluding tert-OH is 1. The zero-order valence-corrected chi connectivity index (χ0v) is 9.63. The van der Waals surface area contributed by atoms with Crippen molar-refractivity contribution in [3.63, 3.8) is 0 Å². The Morgan fingerprint density at radius 1 is 1.50 bits per heavy atom. The molecule has 1 N–H and O–H groups in total. The van der Waals surface area contributed by atoms with Gasteiger partial charge in [0.15, 0.2) is 0 Å². The molecule has 2 atom stereocenters. The molecule has 1 saturated carbocycles. The molecule has 2 rings (SSSR count). The van der Waals surface area contributed by atoms with Crippen molar-refractivity contribution in [2.24, 2.45) is 0 Å². The lowest BCUT2D eigenvalue weighted by molar-refractivity contribution is 0.127. The molecule has 5 heteroatoms. The summed E-state index contributed by atoms with van der Waals surface area (Å²) in [5, 5.41) is 13.9. The van der Waals surface area contributed by atoms with E-state index in [-0.39, 0.29) is 11.6 Å². The van der Waals surface area contributed by atoms with Crippen molar-refractivity contribution >= 4 is 5.69 Å². The highest BCUT2D eigenvalue weighted by molar-refractivity contribution is 5.40. The van der Waals surface area contributed by atoms with Gasteiger partial charge in [0.2, 0.25) is 0 Å². The number of nitrogens with zero attached hydrogens (tertiary/aromatic N) is 3. The van der Waals surface area contributed by atoms with Gasteiger partial charge in [-0.15, -0.1) is 0 Å². The van der Waals surface area contributed by atoms with Gasteiger partial charge in [0, 0.05) is 20.2 Å². The molecule has 1 fully saturated rings. The molecule has 0 radical (unpaired) electrons. The van der Waals surface area contributed by atoms with Crippen molar-refractivity contribution in [1.82, 2.24) is 9.78 Å². The minimum Gasteiger partial charge on any atom is -0.391 e. The van der Waals surface area contributed by atoms with Gasteiger partial charge in [-0.3, -0.25) is 4.79 Å². The number of hydrogen-bond donors (Lipinski definition) is 1. The SMILES string of the molecule is CN(C)c1cnn([C@H]2CCC[C@@H]2O)c(=O)c1. The van der Waals surface area contributed by atoms with Gasteiger partial charge in [0.05, 0.1) is 24.0 Å². The fraction of sp³-hybridized carbons (Fsp3) is 0.636. The van der Waals surface area contributed by atoms with Crippen LogP contribution in [-0.4, -0.2) is 35.1 Å². The molecule has 0 aliphatic heterocycles. The van der Waals surface area contributed by atoms with Crippen LogP contribution in [0.1, 0.15) is 25.3 Å². The van der Waals surface area contributed by atoms with E-state index in [1.165, 1.54) is 4.68 Å². The maximum Gasteiger partial charge on any atom is 0.269 e. The van der Waals surface area contributed by atoms with Crippen molar-refractivity contribution in [3.05, 3.63) is 22.6 Å². The van der Waals surface area contributed by atoms with Gasteiger partial charge in [-0.05, 0) is 19.3 Å². The van der Waals surface area contributed by atoms with Crippen molar-refractivity contribution in [1.29, 1.82) is 0 Å². The second-order valence-corrected chi connectivity index (χ2v) is 4.46. The first-order valence-electron chi connectivity index (χ1n) is 5.54. The third-order valence-electron chi connectivity index (χ3n) is 3.09. The summed E-state index contributed by atoms with van der Waals surface area (Å²) < 4.78 is 1.41. The highest BCUT2D eigenvalue weighted by Gasteiger charge is 2.28. The molecule has 0 unspecified atom stereocenters. The smallest absolute Gasteiger partial charge is 0.269 e. The number of aromatic nitrogens is 2. The minimum absolute atomic E-state index is 0.142. The quantitative estimate of drug-likeness (QED) is 0.788. The highest BCUT2D eigenvalue weighted by atomic mass is 16.3. The van der Waals surface area contributed by atoms with Crippen LogP contribution < -0.4 is 10.5 Å². The molecule has 1 aromatic rings. The summed E-state index contributed by atoms with van der Waals surface area (Å²) in [6.45, 7) is 0. The van der Waals surface area contributed by atoms with Gasteiger partial charge in [0.25, 0.3) is 5.56 Å². The largest absolute Gasteiger partial charge is 0.391 e. The predicted octanol–water partition coefficient (Wildman–Crippen LogP) is 0.395. The van der Waals surface area contributed by atoms with Crippen LogP contribution in [0.5, 0.6) is 0 Å². The van der Waals surface area contributed by atoms with Crippen LogP contribution in [0.4, 0.5) is 5.69 Å². The summed E-state index contributed by atoms with van der Waals surface area (Å²) in [6, 6.07) is 1.40. The second kappa shape index (κ2) is 4.25. The van der Waals surface area contributed by atoms with E-state index in [9.17, 15) is 9.90 Å². The number of anilines is 1. The molecule has 88 valence electrons. The first-order valence-corrected chi connectivity index (χ1v) is 5.54. The monoisotopic (exact) mass is 223 g/mol. The molecule has 0 bridgehead atoms. The average molecular weight is 223 g/mol. The zero-order chi connectivity index (χ0) is 11.7. The third-order valence-corrected chi connectivity index (χ3v) is 3.09. The Balaban J connectivity index is 2.32. The van der Waals surface area contributed by atoms with E-state index >= 15 is 0 Å². The Morgan fingerprint density at radius 3 is 2.75 bits per heavy atom. The van der Waals surface area contributed by atoms with E-state index in [1.807, 2.05) is 19.0 Å². The topological polar surface area (TPSA) is 58.4 Å². The van der Waals surface area contributed by atoms with Gasteiger partial charge in [-0.2, -0.15) is 5.10 Å². The fourth-order valence-corrected chi connectivity index (χ4v) is 2.11. The molecule has 1 aromatic heterocycles. The molecular formula is C11H17N3O2. The lowest BCUT2D eigenvalue weighted by Gasteiger charge is -2.18. The lowest BCUT2D eigenvalue weighted by atomic mass is 10.2. The third kappa shape index (κ3) is 1.95. The fourth-order valence-electron chi connectivity index (χ4n) is 2.11. The Kier molecular flexibility index (Phi) is 2.96. The van der Waals surface area contributed by atoms with Crippen molar-refractivity contribution < 1.29 is 5.11 Å². The van der Waals surface area contributed by atoms with E-state index in [1.54, 1.807) is 12.3 Å². The summed E-state index contributed by atoms with van der Waals surface area (Å²) in [5.41, 5.74) is 0.644. The molecule has 0 saturated heterocycles. The summed E-state index contributed by atoms with van der Waals surface area (Å²) >= 11 is 0. The summed E-state index contributed by atoms with van der Waals surface area (Å²) in [4.78, 5) is 13.7. The van der Waals surface area contributed by atoms with Crippen molar-refractivity contribution in [3.8, 4) is 0 Å². The van der Waals surface area contributed by atoms with E-state index in [4.69, 9.17) is 0 Å². The van der Waals surface area contributed by atoms with Crippen molar-refractivity contribution in [2.45, 2.75) is 31.4 Å². The summed E-state index contributed by atoms with van der Waals surface area (Å²) in [7, 11) is 3.73. The van der Waals surface area contributed by atoms with Crippen LogP contribution in [0, 0.1) is 0 Å². The van der Waals surface area contributed by atoms with Gasteiger partial charge < -0.3 is 10.0 Å². The summed E-state index contributed by atoms with van der Waals surface area (Å²) in [5.74, 6) is 0. The number of aliphatic hydroxyl groups is 1. The molecule has 1 aliphatic rings. The summed E-state index contributed by atoms with van der Waals surface area (Å²) in [6.07, 6.45) is 3.77. The standard InChI is InChI=1S/C11H17N3O2/c1-13(2)8-6-11(16)14(12-7-8)9-4-3-5-10(9)15/h6-7,9-10,15H,3-5H2,1-2H3/t9-,10-/m0/s1. The molecule has 1 aliphatic carbocycles. The molecule has 5 nitrogen and oxygen atoms in total. The van der Waals surface area contributed by atoms with Gasteiger partial charge in [0.1, 0.15) is 0 Å². The van der Waals surface area contributed by atoms with Crippen LogP contribution in [0.2, 0.25) is 0 Å². The molecule has 0 amide bonds. The number of hydrogen-bond acceptors (Lipinski definition) is 4. The van der Waals surface area contributed by atoms with E-state index in [2.05, 4.69) is 5.10 Å². The highest BCUT2D eigenvalue weighted by Crippen LogP contribution is 2.28. The number of rotatable bonds is 2. The first-order chi connectivity index (χ1) is 7.59. The van der Waals surface area contributed by atoms with Crippen LogP contribution in [0.25, 0.3) is 0 Å². The van der Waals surface area contributed by atoms with Crippen LogP contribution in [0.3, 0.4) is 0 Å². The van der Waals surface area contributed by atoms with E-state index < -0.39 is 6.10 Å². The molecular weight excluding hydrogens is 206 g/mol. The van der Waals surface area contributed by atoms with Gasteiger partial charge >= 0.3 is 0 Å². The van der Waals surface area contributed by atoms with Crippen LogP contribution >= 0.6 is 0 Å². The predicted molar refractivity (Wildman–Crippen MR) is 61.7 cm³/mol. The Morgan fingerprint density at radius 2 is 2.25 bits per heavy atom.